The van der Waals surface area contributed by atoms with Crippen LogP contribution in [0.5, 0.6) is 0 Å². The van der Waals surface area contributed by atoms with Crippen molar-refractivity contribution in [3.63, 3.8) is 0 Å². The summed E-state index contributed by atoms with van der Waals surface area (Å²) in [5.74, 6) is -0.994. The number of thiazole rings is 1. The normalized spacial score (nSPS) is 16.2. The van der Waals surface area contributed by atoms with Gasteiger partial charge in [-0.15, -0.1) is 11.3 Å². The number of hydrogen-bond donors (Lipinski definition) is 3. The highest BCUT2D eigenvalue weighted by Gasteiger charge is 2.28. The fraction of sp³-hybridized carbons (Fsp3) is 0.304. The van der Waals surface area contributed by atoms with E-state index in [4.69, 9.17) is 5.11 Å². The molecule has 0 amide bonds. The van der Waals surface area contributed by atoms with Gasteiger partial charge in [-0.2, -0.15) is 0 Å². The van der Waals surface area contributed by atoms with Crippen LogP contribution in [0.25, 0.3) is 27.4 Å². The summed E-state index contributed by atoms with van der Waals surface area (Å²) in [5.41, 5.74) is 6.60. The summed E-state index contributed by atoms with van der Waals surface area (Å²) in [6.07, 6.45) is 3.02. The third-order valence-electron chi connectivity index (χ3n) is 5.25. The molecule has 2 atom stereocenters. The number of aromatic nitrogens is 1. The molecule has 5 nitrogen and oxygen atoms in total. The van der Waals surface area contributed by atoms with E-state index in [2.05, 4.69) is 11.1 Å². The second-order valence-corrected chi connectivity index (χ2v) is 8.50. The molecule has 7 heteroatoms. The summed E-state index contributed by atoms with van der Waals surface area (Å²) >= 11 is 1.51. The minimum Gasteiger partial charge on any atom is -0.481 e. The van der Waals surface area contributed by atoms with Crippen molar-refractivity contribution in [2.45, 2.75) is 43.8 Å². The quantitative estimate of drug-likeness (QED) is 0.490. The van der Waals surface area contributed by atoms with E-state index in [9.17, 15) is 19.4 Å². The number of carboxylic acids is 1. The summed E-state index contributed by atoms with van der Waals surface area (Å²) in [7, 11) is 0. The van der Waals surface area contributed by atoms with Crippen molar-refractivity contribution in [1.29, 1.82) is 0 Å². The van der Waals surface area contributed by atoms with Gasteiger partial charge in [0.1, 0.15) is 5.82 Å². The number of rotatable bonds is 8. The minimum atomic E-state index is -1.12. The minimum absolute atomic E-state index is 0.0593. The monoisotopic (exact) mass is 427 g/mol. The molecule has 4 rings (SSSR count). The molecule has 3 aromatic rings. The van der Waals surface area contributed by atoms with Crippen LogP contribution in [0.2, 0.25) is 0 Å². The molecule has 1 aromatic heterocycles. The molecule has 1 heterocycles. The molecule has 3 N–H and O–H groups in total. The summed E-state index contributed by atoms with van der Waals surface area (Å²) in [5, 5.41) is 28.9. The predicted octanol–water partition coefficient (Wildman–Crippen LogP) is 4.58. The molecule has 30 heavy (non-hydrogen) atoms. The third kappa shape index (κ3) is 4.59. The van der Waals surface area contributed by atoms with Crippen LogP contribution < -0.4 is 0 Å². The van der Waals surface area contributed by atoms with Gasteiger partial charge >= 0.3 is 5.97 Å². The molecule has 2 aromatic carbocycles. The molecule has 1 aliphatic carbocycles. The summed E-state index contributed by atoms with van der Waals surface area (Å²) < 4.78 is 14.5. The van der Waals surface area contributed by atoms with Crippen LogP contribution in [0.4, 0.5) is 4.39 Å². The lowest BCUT2D eigenvalue weighted by Crippen LogP contribution is -2.19. The Morgan fingerprint density at radius 3 is 2.67 bits per heavy atom. The molecule has 1 saturated carbocycles. The highest BCUT2D eigenvalue weighted by atomic mass is 32.1. The molecule has 0 unspecified atom stereocenters. The number of nitrogens with zero attached hydrogens (tertiary/aromatic N) is 1. The summed E-state index contributed by atoms with van der Waals surface area (Å²) in [6, 6.07) is 8.42. The van der Waals surface area contributed by atoms with Gasteiger partial charge in [-0.05, 0) is 53.6 Å². The van der Waals surface area contributed by atoms with Gasteiger partial charge in [0.2, 0.25) is 0 Å². The number of aliphatic hydroxyl groups is 2. The maximum absolute atomic E-state index is 13.5. The highest BCUT2D eigenvalue weighted by molar-refractivity contribution is 7.17. The average Bonchev–Trinajstić information content (AvgIpc) is 3.43. The van der Waals surface area contributed by atoms with E-state index < -0.39 is 24.6 Å². The van der Waals surface area contributed by atoms with E-state index in [0.29, 0.717) is 5.92 Å². The molecule has 0 spiro atoms. The van der Waals surface area contributed by atoms with Crippen LogP contribution >= 0.6 is 11.3 Å². The van der Waals surface area contributed by atoms with Gasteiger partial charge in [0.15, 0.2) is 0 Å². The molecule has 1 aliphatic rings. The first-order valence-corrected chi connectivity index (χ1v) is 10.7. The van der Waals surface area contributed by atoms with E-state index in [1.165, 1.54) is 23.5 Å². The summed E-state index contributed by atoms with van der Waals surface area (Å²) in [6.45, 7) is 0. The summed E-state index contributed by atoms with van der Waals surface area (Å²) in [4.78, 5) is 15.2. The molecule has 0 bridgehead atoms. The third-order valence-corrected chi connectivity index (χ3v) is 6.11. The smallest absolute Gasteiger partial charge is 0.305 e. The Hall–Kier alpha value is -2.61. The van der Waals surface area contributed by atoms with Gasteiger partial charge in [0.05, 0.1) is 34.4 Å². The second kappa shape index (κ2) is 8.63. The fourth-order valence-electron chi connectivity index (χ4n) is 3.70. The van der Waals surface area contributed by atoms with Crippen molar-refractivity contribution < 1.29 is 24.5 Å². The van der Waals surface area contributed by atoms with Gasteiger partial charge in [0.25, 0.3) is 0 Å². The van der Waals surface area contributed by atoms with E-state index >= 15 is 0 Å². The number of carboxylic acid groups (broad SMARTS) is 1. The predicted molar refractivity (Wildman–Crippen MR) is 115 cm³/mol. The van der Waals surface area contributed by atoms with E-state index in [0.717, 1.165) is 45.3 Å². The van der Waals surface area contributed by atoms with Gasteiger partial charge in [-0.25, -0.2) is 9.37 Å². The first kappa shape index (κ1) is 20.7. The maximum Gasteiger partial charge on any atom is 0.305 e. The van der Waals surface area contributed by atoms with Gasteiger partial charge in [0, 0.05) is 12.0 Å². The lowest BCUT2D eigenvalue weighted by molar-refractivity contribution is -0.139. The molecular weight excluding hydrogens is 405 g/mol. The van der Waals surface area contributed by atoms with Gasteiger partial charge < -0.3 is 15.3 Å². The number of aliphatic hydroxyl groups excluding tert-OH is 2. The highest BCUT2D eigenvalue weighted by Crippen LogP contribution is 2.47. The Bertz CT molecular complexity index is 1090. The van der Waals surface area contributed by atoms with Crippen LogP contribution in [-0.2, 0) is 4.79 Å². The van der Waals surface area contributed by atoms with Crippen LogP contribution in [0.3, 0.4) is 0 Å². The zero-order valence-electron chi connectivity index (χ0n) is 16.2. The lowest BCUT2D eigenvalue weighted by Gasteiger charge is -2.15. The van der Waals surface area contributed by atoms with Crippen molar-refractivity contribution in [3.05, 3.63) is 58.9 Å². The molecule has 1 fully saturated rings. The lowest BCUT2D eigenvalue weighted by atomic mass is 9.91. The Balaban J connectivity index is 1.75. The van der Waals surface area contributed by atoms with Crippen molar-refractivity contribution >= 4 is 33.6 Å². The molecular formula is C23H22FNO4S. The Morgan fingerprint density at radius 1 is 1.27 bits per heavy atom. The number of fused-ring (bicyclic) bond motifs is 1. The largest absolute Gasteiger partial charge is 0.481 e. The first-order chi connectivity index (χ1) is 14.4. The molecule has 0 radical (unpaired) electrons. The van der Waals surface area contributed by atoms with Crippen LogP contribution in [-0.4, -0.2) is 38.5 Å². The Kier molecular flexibility index (Phi) is 5.94. The van der Waals surface area contributed by atoms with Crippen LogP contribution in [0, 0.1) is 5.82 Å². The molecule has 156 valence electrons. The maximum atomic E-state index is 13.5. The number of halogens is 1. The van der Waals surface area contributed by atoms with Crippen molar-refractivity contribution in [2.75, 3.05) is 0 Å². The topological polar surface area (TPSA) is 90.7 Å². The van der Waals surface area contributed by atoms with Gasteiger partial charge in [-0.1, -0.05) is 24.3 Å². The van der Waals surface area contributed by atoms with Crippen LogP contribution in [0.1, 0.15) is 42.7 Å². The first-order valence-electron chi connectivity index (χ1n) is 9.84. The molecule has 0 aliphatic heterocycles. The Labute approximate surface area is 177 Å². The van der Waals surface area contributed by atoms with Crippen molar-refractivity contribution in [1.82, 2.24) is 4.98 Å². The standard InChI is InChI=1S/C23H22FNO4S/c24-15-5-3-14(4-6-15)22-18(8-7-16(26)9-17(27)10-21(28)29)19(13-1-2-13)11-20-23(22)30-12-25-20/h3-8,11-13,16-17,26-27H,1-2,9-10H2,(H,28,29)/b8-7+/t16-,17-/m1/s1. The number of aliphatic carboxylic acids is 1. The zero-order valence-corrected chi connectivity index (χ0v) is 17.0. The van der Waals surface area contributed by atoms with E-state index in [-0.39, 0.29) is 12.2 Å². The van der Waals surface area contributed by atoms with E-state index in [1.807, 2.05) is 6.08 Å². The van der Waals surface area contributed by atoms with Crippen LogP contribution in [0.15, 0.2) is 41.9 Å². The number of benzene rings is 2. The van der Waals surface area contributed by atoms with Gasteiger partial charge in [-0.3, -0.25) is 4.79 Å². The Morgan fingerprint density at radius 2 is 2.00 bits per heavy atom. The fourth-order valence-corrected chi connectivity index (χ4v) is 4.55. The second-order valence-electron chi connectivity index (χ2n) is 7.65. The van der Waals surface area contributed by atoms with E-state index in [1.54, 1.807) is 23.7 Å². The number of hydrogen-bond acceptors (Lipinski definition) is 5. The number of carbonyl (C=O) groups is 1. The molecule has 0 saturated heterocycles. The SMILES string of the molecule is O=C(O)C[C@H](O)C[C@H](O)/C=C/c1c(C2CC2)cc2ncsc2c1-c1ccc(F)cc1. The zero-order chi connectivity index (χ0) is 21.3. The van der Waals surface area contributed by atoms with Crippen molar-refractivity contribution in [3.8, 4) is 11.1 Å². The average molecular weight is 427 g/mol. The van der Waals surface area contributed by atoms with Crippen molar-refractivity contribution in [2.24, 2.45) is 0 Å².